The van der Waals surface area contributed by atoms with Gasteiger partial charge in [0.25, 0.3) is 0 Å². The van der Waals surface area contributed by atoms with Crippen LogP contribution in [0, 0.1) is 6.92 Å². The number of nitrogens with one attached hydrogen (secondary N) is 1. The highest BCUT2D eigenvalue weighted by Crippen LogP contribution is 2.28. The normalized spacial score (nSPS) is 14.0. The third kappa shape index (κ3) is 4.30. The molecule has 0 radical (unpaired) electrons. The van der Waals surface area contributed by atoms with Gasteiger partial charge >= 0.3 is 6.03 Å². The minimum atomic E-state index is -0.189. The van der Waals surface area contributed by atoms with Gasteiger partial charge in [0.05, 0.1) is 12.8 Å². The number of methoxy groups -OCH3 is 1. The number of benzene rings is 1. The van der Waals surface area contributed by atoms with Crippen LogP contribution in [0.3, 0.4) is 0 Å². The van der Waals surface area contributed by atoms with E-state index in [1.807, 2.05) is 25.3 Å². The summed E-state index contributed by atoms with van der Waals surface area (Å²) in [6.07, 6.45) is 3.56. The van der Waals surface area contributed by atoms with Gasteiger partial charge in [-0.15, -0.1) is 0 Å². The lowest BCUT2D eigenvalue weighted by Crippen LogP contribution is -2.50. The number of carbonyl (C=O) groups is 1. The molecule has 10 heteroatoms. The fraction of sp³-hybridized carbons (Fsp3) is 0.300. The van der Waals surface area contributed by atoms with Crippen molar-refractivity contribution in [2.75, 3.05) is 43.5 Å². The predicted molar refractivity (Wildman–Crippen MR) is 115 cm³/mol. The van der Waals surface area contributed by atoms with Crippen LogP contribution in [-0.2, 0) is 0 Å². The van der Waals surface area contributed by atoms with E-state index in [9.17, 15) is 4.79 Å². The van der Waals surface area contributed by atoms with E-state index in [1.54, 1.807) is 41.1 Å². The summed E-state index contributed by atoms with van der Waals surface area (Å²) >= 11 is 6.05. The van der Waals surface area contributed by atoms with Gasteiger partial charge in [-0.2, -0.15) is 5.10 Å². The lowest BCUT2D eigenvalue weighted by Gasteiger charge is -2.35. The van der Waals surface area contributed by atoms with Gasteiger partial charge in [-0.1, -0.05) is 11.6 Å². The molecule has 0 saturated carbocycles. The van der Waals surface area contributed by atoms with E-state index in [-0.39, 0.29) is 6.03 Å². The van der Waals surface area contributed by atoms with Gasteiger partial charge < -0.3 is 19.9 Å². The summed E-state index contributed by atoms with van der Waals surface area (Å²) in [6.45, 7) is 4.31. The van der Waals surface area contributed by atoms with Gasteiger partial charge in [-0.3, -0.25) is 0 Å². The van der Waals surface area contributed by atoms with E-state index >= 15 is 0 Å². The van der Waals surface area contributed by atoms with Crippen LogP contribution in [0.2, 0.25) is 5.02 Å². The van der Waals surface area contributed by atoms with Gasteiger partial charge in [0.1, 0.15) is 17.4 Å². The second-order valence-electron chi connectivity index (χ2n) is 6.83. The first-order valence-corrected chi connectivity index (χ1v) is 9.91. The highest BCUT2D eigenvalue weighted by atomic mass is 35.5. The molecule has 4 rings (SSSR count). The number of urea groups is 1. The van der Waals surface area contributed by atoms with Gasteiger partial charge in [0, 0.05) is 49.7 Å². The number of amides is 2. The lowest BCUT2D eigenvalue weighted by molar-refractivity contribution is 0.208. The van der Waals surface area contributed by atoms with Crippen molar-refractivity contribution in [3.8, 4) is 11.6 Å². The topological polar surface area (TPSA) is 88.4 Å². The Kier molecular flexibility index (Phi) is 5.71. The minimum Gasteiger partial charge on any atom is -0.495 e. The molecule has 3 heterocycles. The van der Waals surface area contributed by atoms with Crippen molar-refractivity contribution in [3.63, 3.8) is 0 Å². The number of piperazine rings is 1. The first-order valence-electron chi connectivity index (χ1n) is 9.53. The number of halogens is 1. The lowest BCUT2D eigenvalue weighted by atomic mass is 10.3. The van der Waals surface area contributed by atoms with Crippen molar-refractivity contribution in [2.24, 2.45) is 0 Å². The van der Waals surface area contributed by atoms with Crippen molar-refractivity contribution < 1.29 is 9.53 Å². The third-order valence-electron chi connectivity index (χ3n) is 4.84. The van der Waals surface area contributed by atoms with Crippen LogP contribution in [0.25, 0.3) is 5.82 Å². The Bertz CT molecular complexity index is 1030. The zero-order valence-electron chi connectivity index (χ0n) is 16.7. The molecule has 1 aromatic carbocycles. The molecule has 0 unspecified atom stereocenters. The zero-order valence-corrected chi connectivity index (χ0v) is 17.5. The zero-order chi connectivity index (χ0) is 21.1. The summed E-state index contributed by atoms with van der Waals surface area (Å²) in [7, 11) is 1.55. The molecular formula is C20H22ClN7O2. The Morgan fingerprint density at radius 1 is 1.13 bits per heavy atom. The Morgan fingerprint density at radius 2 is 1.90 bits per heavy atom. The van der Waals surface area contributed by atoms with Crippen LogP contribution in [0.5, 0.6) is 5.75 Å². The van der Waals surface area contributed by atoms with Gasteiger partial charge in [-0.25, -0.2) is 19.4 Å². The van der Waals surface area contributed by atoms with E-state index in [2.05, 4.69) is 25.3 Å². The number of nitrogens with zero attached hydrogens (tertiary/aromatic N) is 6. The maximum absolute atomic E-state index is 12.7. The molecule has 0 atom stereocenters. The van der Waals surface area contributed by atoms with Crippen LogP contribution in [0.1, 0.15) is 5.82 Å². The smallest absolute Gasteiger partial charge is 0.322 e. The van der Waals surface area contributed by atoms with Gasteiger partial charge in [-0.05, 0) is 31.2 Å². The van der Waals surface area contributed by atoms with Crippen molar-refractivity contribution in [1.82, 2.24) is 24.6 Å². The number of aromatic nitrogens is 4. The summed E-state index contributed by atoms with van der Waals surface area (Å²) < 4.78 is 7.00. The molecule has 0 aliphatic carbocycles. The summed E-state index contributed by atoms with van der Waals surface area (Å²) in [6, 6.07) is 8.69. The number of hydrogen-bond acceptors (Lipinski definition) is 6. The van der Waals surface area contributed by atoms with Crippen molar-refractivity contribution in [1.29, 1.82) is 0 Å². The average molecular weight is 428 g/mol. The van der Waals surface area contributed by atoms with E-state index in [4.69, 9.17) is 16.3 Å². The summed E-state index contributed by atoms with van der Waals surface area (Å²) in [5.41, 5.74) is 0.549. The molecule has 1 aliphatic rings. The van der Waals surface area contributed by atoms with Crippen molar-refractivity contribution >= 4 is 29.1 Å². The predicted octanol–water partition coefficient (Wildman–Crippen LogP) is 2.99. The van der Waals surface area contributed by atoms with Crippen LogP contribution in [0.4, 0.5) is 16.3 Å². The second-order valence-corrected chi connectivity index (χ2v) is 7.27. The number of aryl methyl sites for hydroxylation is 1. The fourth-order valence-corrected chi connectivity index (χ4v) is 3.50. The molecule has 9 nitrogen and oxygen atoms in total. The quantitative estimate of drug-likeness (QED) is 0.688. The number of anilines is 2. The van der Waals surface area contributed by atoms with Crippen LogP contribution in [0.15, 0.2) is 42.7 Å². The second kappa shape index (κ2) is 8.58. The van der Waals surface area contributed by atoms with E-state index < -0.39 is 0 Å². The first kappa shape index (κ1) is 20.0. The Labute approximate surface area is 179 Å². The van der Waals surface area contributed by atoms with Crippen LogP contribution in [-0.4, -0.2) is 64.0 Å². The Morgan fingerprint density at radius 3 is 2.60 bits per heavy atom. The van der Waals surface area contributed by atoms with Crippen LogP contribution >= 0.6 is 11.6 Å². The minimum absolute atomic E-state index is 0.189. The molecule has 2 aromatic heterocycles. The maximum Gasteiger partial charge on any atom is 0.322 e. The highest BCUT2D eigenvalue weighted by molar-refractivity contribution is 6.31. The van der Waals surface area contributed by atoms with Gasteiger partial charge in [0.2, 0.25) is 0 Å². The summed E-state index contributed by atoms with van der Waals surface area (Å²) in [5, 5.41) is 7.65. The monoisotopic (exact) mass is 427 g/mol. The molecule has 156 valence electrons. The molecule has 1 saturated heterocycles. The van der Waals surface area contributed by atoms with E-state index in [0.29, 0.717) is 48.5 Å². The molecule has 3 aromatic rings. The summed E-state index contributed by atoms with van der Waals surface area (Å²) in [5.74, 6) is 2.78. The molecule has 1 N–H and O–H groups in total. The number of rotatable bonds is 4. The molecule has 1 fully saturated rings. The fourth-order valence-electron chi connectivity index (χ4n) is 3.33. The number of ether oxygens (including phenoxy) is 1. The molecule has 1 aliphatic heterocycles. The Hall–Kier alpha value is -3.33. The largest absolute Gasteiger partial charge is 0.495 e. The first-order chi connectivity index (χ1) is 14.5. The molecule has 30 heavy (non-hydrogen) atoms. The molecule has 0 bridgehead atoms. The summed E-state index contributed by atoms with van der Waals surface area (Å²) in [4.78, 5) is 25.6. The molecule has 2 amide bonds. The van der Waals surface area contributed by atoms with E-state index in [1.165, 1.54) is 0 Å². The maximum atomic E-state index is 12.7. The Balaban J connectivity index is 1.42. The van der Waals surface area contributed by atoms with Crippen LogP contribution < -0.4 is 15.0 Å². The van der Waals surface area contributed by atoms with Gasteiger partial charge in [0.15, 0.2) is 5.82 Å². The number of hydrogen-bond donors (Lipinski definition) is 1. The average Bonchev–Trinajstić information content (AvgIpc) is 3.29. The SMILES string of the molecule is COc1ccc(Cl)cc1NC(=O)N1CCN(c2cc(-n3cccn3)nc(C)n2)CC1. The van der Waals surface area contributed by atoms with Crippen molar-refractivity contribution in [3.05, 3.63) is 53.6 Å². The molecular weight excluding hydrogens is 406 g/mol. The van der Waals surface area contributed by atoms with E-state index in [0.717, 1.165) is 11.6 Å². The standard InChI is InChI=1S/C20H22ClN7O2/c1-14-23-18(13-19(24-14)28-7-3-6-22-28)26-8-10-27(11-9-26)20(29)25-16-12-15(21)4-5-17(16)30-2/h3-7,12-13H,8-11H2,1-2H3,(H,25,29). The van der Waals surface area contributed by atoms with Crippen molar-refractivity contribution in [2.45, 2.75) is 6.92 Å². The highest BCUT2D eigenvalue weighted by Gasteiger charge is 2.23. The number of carbonyl (C=O) groups excluding carboxylic acids is 1. The third-order valence-corrected chi connectivity index (χ3v) is 5.08. The molecule has 0 spiro atoms.